The smallest absolute Gasteiger partial charge is 0.187 e. The standard InChI is InChI=1S/C29H63N3O6Si2/c1-28(37-39(4,5)26-16-14-12-10-8-9-11-13-15-18-31-32-30)29(2)38-40(6,7)27-17-19-34-22-23-36-25-24-35-21-20-33-3/h28-29H,8-27H2,1-7H3/t28-,29+/m0/s1. The Hall–Kier alpha value is -0.496. The molecular formula is C29H63N3O6Si2. The van der Waals surface area contributed by atoms with Crippen molar-refractivity contribution in [2.24, 2.45) is 5.11 Å². The molecule has 0 fully saturated rings. The van der Waals surface area contributed by atoms with Gasteiger partial charge >= 0.3 is 0 Å². The van der Waals surface area contributed by atoms with E-state index in [2.05, 4.69) is 50.1 Å². The van der Waals surface area contributed by atoms with Gasteiger partial charge in [-0.15, -0.1) is 0 Å². The summed E-state index contributed by atoms with van der Waals surface area (Å²) in [6.07, 6.45) is 12.5. The zero-order valence-corrected chi connectivity index (χ0v) is 29.1. The lowest BCUT2D eigenvalue weighted by Gasteiger charge is -2.35. The summed E-state index contributed by atoms with van der Waals surface area (Å²) in [6, 6.07) is 2.29. The first-order chi connectivity index (χ1) is 19.1. The first-order valence-corrected chi connectivity index (χ1v) is 22.0. The predicted molar refractivity (Wildman–Crippen MR) is 170 cm³/mol. The number of hydrogen-bond donors (Lipinski definition) is 0. The van der Waals surface area contributed by atoms with Gasteiger partial charge in [0.05, 0.1) is 51.8 Å². The van der Waals surface area contributed by atoms with Crippen LogP contribution in [0.5, 0.6) is 0 Å². The van der Waals surface area contributed by atoms with E-state index in [0.717, 1.165) is 25.5 Å². The van der Waals surface area contributed by atoms with E-state index in [-0.39, 0.29) is 12.2 Å². The number of azide groups is 1. The van der Waals surface area contributed by atoms with E-state index in [9.17, 15) is 0 Å². The second-order valence-corrected chi connectivity index (χ2v) is 20.5. The lowest BCUT2D eigenvalue weighted by atomic mass is 10.1. The summed E-state index contributed by atoms with van der Waals surface area (Å²) < 4.78 is 34.7. The van der Waals surface area contributed by atoms with E-state index in [4.69, 9.17) is 33.3 Å². The molecule has 11 heteroatoms. The lowest BCUT2D eigenvalue weighted by molar-refractivity contribution is 0.00359. The Bertz CT molecular complexity index is 625. The molecule has 0 aromatic carbocycles. The maximum atomic E-state index is 8.29. The van der Waals surface area contributed by atoms with Gasteiger partial charge in [-0.25, -0.2) is 0 Å². The van der Waals surface area contributed by atoms with Gasteiger partial charge in [-0.2, -0.15) is 0 Å². The molecule has 0 unspecified atom stereocenters. The second-order valence-electron chi connectivity index (χ2n) is 12.0. The van der Waals surface area contributed by atoms with Crippen LogP contribution in [0.4, 0.5) is 0 Å². The summed E-state index contributed by atoms with van der Waals surface area (Å²) in [7, 11) is -1.82. The third-order valence-corrected chi connectivity index (χ3v) is 12.1. The van der Waals surface area contributed by atoms with Crippen LogP contribution in [0.15, 0.2) is 5.11 Å². The molecule has 0 aliphatic carbocycles. The van der Waals surface area contributed by atoms with Crippen molar-refractivity contribution in [2.45, 2.75) is 129 Å². The normalized spacial score (nSPS) is 13.8. The Labute approximate surface area is 248 Å². The van der Waals surface area contributed by atoms with Gasteiger partial charge in [0.15, 0.2) is 16.6 Å². The number of methoxy groups -OCH3 is 1. The summed E-state index contributed by atoms with van der Waals surface area (Å²) in [6.45, 7) is 18.6. The van der Waals surface area contributed by atoms with Crippen LogP contribution in [0.2, 0.25) is 38.3 Å². The molecule has 0 bridgehead atoms. The van der Waals surface area contributed by atoms with E-state index < -0.39 is 16.6 Å². The SMILES string of the molecule is COCCOCCOCCOCCC[Si](C)(C)O[C@H](C)[C@H](C)O[Si](C)(C)CCCCCCCCCCCN=[N+]=[N-]. The van der Waals surface area contributed by atoms with E-state index in [1.807, 2.05) is 0 Å². The predicted octanol–water partition coefficient (Wildman–Crippen LogP) is 8.11. The molecule has 0 heterocycles. The van der Waals surface area contributed by atoms with E-state index in [1.54, 1.807) is 7.11 Å². The van der Waals surface area contributed by atoms with Gasteiger partial charge in [-0.3, -0.25) is 0 Å². The largest absolute Gasteiger partial charge is 0.412 e. The Morgan fingerprint density at radius 1 is 0.575 bits per heavy atom. The Kier molecular flexibility index (Phi) is 25.8. The molecule has 0 aromatic rings. The van der Waals surface area contributed by atoms with Gasteiger partial charge in [0, 0.05) is 25.2 Å². The first-order valence-electron chi connectivity index (χ1n) is 15.7. The molecular weight excluding hydrogens is 543 g/mol. The molecule has 0 spiro atoms. The van der Waals surface area contributed by atoms with Crippen LogP contribution in [0.25, 0.3) is 10.4 Å². The van der Waals surface area contributed by atoms with Crippen molar-refractivity contribution >= 4 is 16.6 Å². The molecule has 0 saturated heterocycles. The van der Waals surface area contributed by atoms with Gasteiger partial charge in [0.2, 0.25) is 0 Å². The second kappa shape index (κ2) is 26.2. The summed E-state index contributed by atoms with van der Waals surface area (Å²) in [5.74, 6) is 0. The Balaban J connectivity index is 3.86. The maximum absolute atomic E-state index is 8.29. The number of nitrogens with zero attached hydrogens (tertiary/aromatic N) is 3. The highest BCUT2D eigenvalue weighted by Crippen LogP contribution is 2.23. The zero-order chi connectivity index (χ0) is 30.0. The molecule has 0 radical (unpaired) electrons. The minimum Gasteiger partial charge on any atom is -0.412 e. The van der Waals surface area contributed by atoms with Crippen molar-refractivity contribution in [1.82, 2.24) is 0 Å². The van der Waals surface area contributed by atoms with Crippen LogP contribution in [0.1, 0.15) is 78.1 Å². The average molecular weight is 606 g/mol. The number of unbranched alkanes of at least 4 members (excludes halogenated alkanes) is 8. The van der Waals surface area contributed by atoms with E-state index >= 15 is 0 Å². The van der Waals surface area contributed by atoms with Crippen molar-refractivity contribution in [1.29, 1.82) is 0 Å². The number of ether oxygens (including phenoxy) is 4. The zero-order valence-electron chi connectivity index (χ0n) is 27.1. The van der Waals surface area contributed by atoms with E-state index in [0.29, 0.717) is 46.2 Å². The molecule has 0 saturated carbocycles. The third kappa shape index (κ3) is 26.4. The number of hydrogen-bond acceptors (Lipinski definition) is 7. The topological polar surface area (TPSA) is 104 Å². The maximum Gasteiger partial charge on any atom is 0.187 e. The van der Waals surface area contributed by atoms with Gasteiger partial charge in [-0.05, 0) is 70.5 Å². The number of rotatable bonds is 30. The van der Waals surface area contributed by atoms with Gasteiger partial charge in [0.25, 0.3) is 0 Å². The molecule has 0 amide bonds. The molecule has 40 heavy (non-hydrogen) atoms. The van der Waals surface area contributed by atoms with Crippen LogP contribution in [-0.4, -0.2) is 88.7 Å². The third-order valence-electron chi connectivity index (χ3n) is 7.01. The minimum absolute atomic E-state index is 0.112. The summed E-state index contributed by atoms with van der Waals surface area (Å²) in [4.78, 5) is 2.80. The highest BCUT2D eigenvalue weighted by molar-refractivity contribution is 6.71. The highest BCUT2D eigenvalue weighted by Gasteiger charge is 2.31. The van der Waals surface area contributed by atoms with Crippen LogP contribution >= 0.6 is 0 Å². The monoisotopic (exact) mass is 605 g/mol. The van der Waals surface area contributed by atoms with Crippen LogP contribution in [-0.2, 0) is 27.8 Å². The molecule has 0 aliphatic heterocycles. The molecule has 0 aliphatic rings. The fraction of sp³-hybridized carbons (Fsp3) is 1.00. The molecule has 0 rings (SSSR count). The fourth-order valence-electron chi connectivity index (χ4n) is 4.62. The van der Waals surface area contributed by atoms with Crippen molar-refractivity contribution < 1.29 is 27.8 Å². The average Bonchev–Trinajstić information content (AvgIpc) is 2.89. The fourth-order valence-corrected chi connectivity index (χ4v) is 9.34. The van der Waals surface area contributed by atoms with Crippen molar-refractivity contribution in [3.63, 3.8) is 0 Å². The molecule has 0 N–H and O–H groups in total. The van der Waals surface area contributed by atoms with Crippen molar-refractivity contribution in [3.8, 4) is 0 Å². The molecule has 0 aromatic heterocycles. The Morgan fingerprint density at radius 3 is 1.45 bits per heavy atom. The van der Waals surface area contributed by atoms with E-state index in [1.165, 1.54) is 57.4 Å². The summed E-state index contributed by atoms with van der Waals surface area (Å²) >= 11 is 0. The summed E-state index contributed by atoms with van der Waals surface area (Å²) in [5.41, 5.74) is 8.29. The van der Waals surface area contributed by atoms with Crippen LogP contribution in [0, 0.1) is 0 Å². The lowest BCUT2D eigenvalue weighted by Crippen LogP contribution is -2.44. The Morgan fingerprint density at radius 2 is 0.975 bits per heavy atom. The highest BCUT2D eigenvalue weighted by atomic mass is 28.4. The molecule has 2 atom stereocenters. The summed E-state index contributed by atoms with van der Waals surface area (Å²) in [5, 5.41) is 3.59. The van der Waals surface area contributed by atoms with Crippen LogP contribution < -0.4 is 0 Å². The van der Waals surface area contributed by atoms with Gasteiger partial charge in [-0.1, -0.05) is 56.5 Å². The van der Waals surface area contributed by atoms with Crippen molar-refractivity contribution in [3.05, 3.63) is 10.4 Å². The minimum atomic E-state index is -1.78. The first kappa shape index (κ1) is 39.5. The van der Waals surface area contributed by atoms with Crippen molar-refractivity contribution in [2.75, 3.05) is 59.9 Å². The van der Waals surface area contributed by atoms with Gasteiger partial charge < -0.3 is 27.8 Å². The molecule has 9 nitrogen and oxygen atoms in total. The quantitative estimate of drug-likeness (QED) is 0.0269. The van der Waals surface area contributed by atoms with Gasteiger partial charge in [0.1, 0.15) is 0 Å². The van der Waals surface area contributed by atoms with Crippen LogP contribution in [0.3, 0.4) is 0 Å². The molecule has 238 valence electrons.